The maximum atomic E-state index is 11.6. The van der Waals surface area contributed by atoms with E-state index >= 15 is 0 Å². The van der Waals surface area contributed by atoms with Crippen LogP contribution in [0.15, 0.2) is 24.3 Å². The number of amides is 1. The Morgan fingerprint density at radius 1 is 1.33 bits per heavy atom. The van der Waals surface area contributed by atoms with Crippen LogP contribution in [0.5, 0.6) is 0 Å². The SMILES string of the molecule is COCCCNCC(=O)NCc1ccccc1C. The lowest BCUT2D eigenvalue weighted by atomic mass is 10.1. The van der Waals surface area contributed by atoms with Crippen molar-refractivity contribution in [2.75, 3.05) is 26.8 Å². The monoisotopic (exact) mass is 250 g/mol. The average Bonchev–Trinajstić information content (AvgIpc) is 2.37. The van der Waals surface area contributed by atoms with Crippen molar-refractivity contribution in [3.8, 4) is 0 Å². The van der Waals surface area contributed by atoms with Crippen LogP contribution in [0.25, 0.3) is 0 Å². The van der Waals surface area contributed by atoms with Crippen molar-refractivity contribution in [1.29, 1.82) is 0 Å². The largest absolute Gasteiger partial charge is 0.385 e. The fourth-order valence-electron chi connectivity index (χ4n) is 1.61. The third kappa shape index (κ3) is 5.80. The summed E-state index contributed by atoms with van der Waals surface area (Å²) in [5.74, 6) is 0.0238. The highest BCUT2D eigenvalue weighted by molar-refractivity contribution is 5.77. The summed E-state index contributed by atoms with van der Waals surface area (Å²) in [4.78, 5) is 11.6. The van der Waals surface area contributed by atoms with Gasteiger partial charge in [0.05, 0.1) is 6.54 Å². The molecule has 1 aromatic carbocycles. The molecule has 18 heavy (non-hydrogen) atoms. The minimum Gasteiger partial charge on any atom is -0.385 e. The summed E-state index contributed by atoms with van der Waals surface area (Å²) in [6.45, 7) is 4.51. The van der Waals surface area contributed by atoms with E-state index < -0.39 is 0 Å². The van der Waals surface area contributed by atoms with Gasteiger partial charge in [0, 0.05) is 20.3 Å². The number of nitrogens with one attached hydrogen (secondary N) is 2. The Balaban J connectivity index is 2.15. The Kier molecular flexibility index (Phi) is 7.06. The molecule has 0 saturated heterocycles. The van der Waals surface area contributed by atoms with Gasteiger partial charge in [-0.15, -0.1) is 0 Å². The molecule has 0 aromatic heterocycles. The van der Waals surface area contributed by atoms with E-state index in [0.29, 0.717) is 13.1 Å². The first-order valence-electron chi connectivity index (χ1n) is 6.25. The van der Waals surface area contributed by atoms with Gasteiger partial charge in [-0.3, -0.25) is 4.79 Å². The van der Waals surface area contributed by atoms with Crippen LogP contribution in [-0.4, -0.2) is 32.7 Å². The second-order valence-corrected chi connectivity index (χ2v) is 4.23. The Labute approximate surface area is 109 Å². The fourth-order valence-corrected chi connectivity index (χ4v) is 1.61. The van der Waals surface area contributed by atoms with Gasteiger partial charge < -0.3 is 15.4 Å². The summed E-state index contributed by atoms with van der Waals surface area (Å²) in [5.41, 5.74) is 2.36. The highest BCUT2D eigenvalue weighted by Gasteiger charge is 2.01. The van der Waals surface area contributed by atoms with Crippen LogP contribution in [0.2, 0.25) is 0 Å². The van der Waals surface area contributed by atoms with Crippen molar-refractivity contribution in [1.82, 2.24) is 10.6 Å². The van der Waals surface area contributed by atoms with Gasteiger partial charge in [-0.05, 0) is 31.0 Å². The van der Waals surface area contributed by atoms with Crippen LogP contribution >= 0.6 is 0 Å². The summed E-state index contributed by atoms with van der Waals surface area (Å²) >= 11 is 0. The highest BCUT2D eigenvalue weighted by Crippen LogP contribution is 2.05. The van der Waals surface area contributed by atoms with Gasteiger partial charge >= 0.3 is 0 Å². The number of carbonyl (C=O) groups is 1. The van der Waals surface area contributed by atoms with Crippen LogP contribution in [0, 0.1) is 6.92 Å². The molecule has 0 aliphatic heterocycles. The molecule has 0 saturated carbocycles. The van der Waals surface area contributed by atoms with Crippen LogP contribution in [0.4, 0.5) is 0 Å². The van der Waals surface area contributed by atoms with Gasteiger partial charge in [0.25, 0.3) is 0 Å². The molecule has 4 nitrogen and oxygen atoms in total. The maximum absolute atomic E-state index is 11.6. The van der Waals surface area contributed by atoms with Gasteiger partial charge in [0.1, 0.15) is 0 Å². The van der Waals surface area contributed by atoms with Crippen molar-refractivity contribution < 1.29 is 9.53 Å². The lowest BCUT2D eigenvalue weighted by molar-refractivity contribution is -0.120. The molecule has 1 aromatic rings. The van der Waals surface area contributed by atoms with Gasteiger partial charge in [-0.1, -0.05) is 24.3 Å². The van der Waals surface area contributed by atoms with E-state index in [0.717, 1.165) is 25.1 Å². The van der Waals surface area contributed by atoms with E-state index in [1.807, 2.05) is 31.2 Å². The third-order valence-electron chi connectivity index (χ3n) is 2.72. The zero-order valence-electron chi connectivity index (χ0n) is 11.2. The van der Waals surface area contributed by atoms with E-state index in [-0.39, 0.29) is 5.91 Å². The molecule has 1 rings (SSSR count). The summed E-state index contributed by atoms with van der Waals surface area (Å²) in [5, 5.41) is 5.98. The Morgan fingerprint density at radius 3 is 2.83 bits per heavy atom. The quantitative estimate of drug-likeness (QED) is 0.682. The van der Waals surface area contributed by atoms with Gasteiger partial charge in [0.15, 0.2) is 0 Å². The first kappa shape index (κ1) is 14.7. The van der Waals surface area contributed by atoms with Crippen molar-refractivity contribution in [3.63, 3.8) is 0 Å². The molecular weight excluding hydrogens is 228 g/mol. The van der Waals surface area contributed by atoms with Gasteiger partial charge in [-0.25, -0.2) is 0 Å². The maximum Gasteiger partial charge on any atom is 0.234 e. The normalized spacial score (nSPS) is 10.3. The van der Waals surface area contributed by atoms with Crippen LogP contribution < -0.4 is 10.6 Å². The molecule has 0 aliphatic carbocycles. The first-order valence-corrected chi connectivity index (χ1v) is 6.25. The molecular formula is C14H22N2O2. The molecule has 0 aliphatic rings. The summed E-state index contributed by atoms with van der Waals surface area (Å²) < 4.78 is 4.93. The number of methoxy groups -OCH3 is 1. The van der Waals surface area contributed by atoms with Crippen molar-refractivity contribution >= 4 is 5.91 Å². The lowest BCUT2D eigenvalue weighted by Gasteiger charge is -2.08. The number of hydrogen-bond donors (Lipinski definition) is 2. The third-order valence-corrected chi connectivity index (χ3v) is 2.72. The number of benzene rings is 1. The fraction of sp³-hybridized carbons (Fsp3) is 0.500. The van der Waals surface area contributed by atoms with E-state index in [4.69, 9.17) is 4.74 Å². The van der Waals surface area contributed by atoms with E-state index in [9.17, 15) is 4.79 Å². The van der Waals surface area contributed by atoms with Crippen molar-refractivity contribution in [3.05, 3.63) is 35.4 Å². The Morgan fingerprint density at radius 2 is 2.11 bits per heavy atom. The van der Waals surface area contributed by atoms with E-state index in [1.54, 1.807) is 7.11 Å². The van der Waals surface area contributed by atoms with Gasteiger partial charge in [0.2, 0.25) is 5.91 Å². The molecule has 0 bridgehead atoms. The molecule has 1 amide bonds. The molecule has 0 heterocycles. The van der Waals surface area contributed by atoms with Crippen LogP contribution in [-0.2, 0) is 16.1 Å². The molecule has 2 N–H and O–H groups in total. The Hall–Kier alpha value is -1.39. The minimum absolute atomic E-state index is 0.0238. The number of ether oxygens (including phenoxy) is 1. The predicted octanol–water partition coefficient (Wildman–Crippen LogP) is 1.24. The summed E-state index contributed by atoms with van der Waals surface area (Å²) in [6, 6.07) is 8.06. The molecule has 0 fully saturated rings. The second kappa shape index (κ2) is 8.66. The number of carbonyl (C=O) groups excluding carboxylic acids is 1. The predicted molar refractivity (Wildman–Crippen MR) is 72.4 cm³/mol. The number of rotatable bonds is 8. The first-order chi connectivity index (χ1) is 8.74. The van der Waals surface area contributed by atoms with E-state index in [1.165, 1.54) is 5.56 Å². The smallest absolute Gasteiger partial charge is 0.234 e. The molecule has 0 spiro atoms. The van der Waals surface area contributed by atoms with E-state index in [2.05, 4.69) is 10.6 Å². The Bertz CT molecular complexity index is 367. The topological polar surface area (TPSA) is 50.4 Å². The van der Waals surface area contributed by atoms with Crippen LogP contribution in [0.1, 0.15) is 17.5 Å². The average molecular weight is 250 g/mol. The second-order valence-electron chi connectivity index (χ2n) is 4.23. The summed E-state index contributed by atoms with van der Waals surface area (Å²) in [7, 11) is 1.68. The molecule has 0 radical (unpaired) electrons. The van der Waals surface area contributed by atoms with Crippen LogP contribution in [0.3, 0.4) is 0 Å². The molecule has 100 valence electrons. The van der Waals surface area contributed by atoms with Crippen molar-refractivity contribution in [2.24, 2.45) is 0 Å². The van der Waals surface area contributed by atoms with Gasteiger partial charge in [-0.2, -0.15) is 0 Å². The zero-order valence-corrected chi connectivity index (χ0v) is 11.2. The molecule has 4 heteroatoms. The minimum atomic E-state index is 0.0238. The summed E-state index contributed by atoms with van der Waals surface area (Å²) in [6.07, 6.45) is 0.918. The molecule has 0 unspecified atom stereocenters. The highest BCUT2D eigenvalue weighted by atomic mass is 16.5. The van der Waals surface area contributed by atoms with Crippen molar-refractivity contribution in [2.45, 2.75) is 19.9 Å². The zero-order chi connectivity index (χ0) is 13.2. The number of hydrogen-bond acceptors (Lipinski definition) is 3. The molecule has 0 atom stereocenters. The standard InChI is InChI=1S/C14H22N2O2/c1-12-6-3-4-7-13(12)10-16-14(17)11-15-8-5-9-18-2/h3-4,6-7,15H,5,8-11H2,1-2H3,(H,16,17). The number of aryl methyl sites for hydroxylation is 1. The lowest BCUT2D eigenvalue weighted by Crippen LogP contribution is -2.34.